The monoisotopic (exact) mass is 391 g/mol. The minimum atomic E-state index is -1.03. The molecular weight excluding hydrogens is 358 g/mol. The first-order chi connectivity index (χ1) is 13.5. The van der Waals surface area contributed by atoms with E-state index in [1.54, 1.807) is 0 Å². The van der Waals surface area contributed by atoms with Crippen LogP contribution in [0.25, 0.3) is 0 Å². The summed E-state index contributed by atoms with van der Waals surface area (Å²) in [5.74, 6) is -1.23. The molecule has 0 saturated heterocycles. The van der Waals surface area contributed by atoms with Crippen molar-refractivity contribution in [3.63, 3.8) is 0 Å². The third-order valence-electron chi connectivity index (χ3n) is 4.45. The van der Waals surface area contributed by atoms with E-state index in [9.17, 15) is 14.4 Å². The second-order valence-electron chi connectivity index (χ2n) is 6.89. The average molecular weight is 392 g/mol. The van der Waals surface area contributed by atoms with Crippen molar-refractivity contribution in [3.8, 4) is 0 Å². The van der Waals surface area contributed by atoms with Crippen molar-refractivity contribution >= 4 is 17.8 Å². The van der Waals surface area contributed by atoms with Crippen LogP contribution in [0, 0.1) is 0 Å². The Balaban J connectivity index is 2.03. The third-order valence-corrected chi connectivity index (χ3v) is 4.45. The molecule has 2 amide bonds. The van der Waals surface area contributed by atoms with E-state index >= 15 is 0 Å². The molecule has 1 aromatic carbocycles. The van der Waals surface area contributed by atoms with Crippen LogP contribution in [0.3, 0.4) is 0 Å². The van der Waals surface area contributed by atoms with Crippen LogP contribution in [0.4, 0.5) is 0 Å². The molecule has 7 nitrogen and oxygen atoms in total. The Morgan fingerprint density at radius 1 is 0.929 bits per heavy atom. The summed E-state index contributed by atoms with van der Waals surface area (Å²) < 4.78 is 0. The van der Waals surface area contributed by atoms with Crippen LogP contribution >= 0.6 is 0 Å². The molecule has 0 fully saturated rings. The number of aliphatic carboxylic acids is 1. The van der Waals surface area contributed by atoms with E-state index in [4.69, 9.17) is 10.8 Å². The van der Waals surface area contributed by atoms with Crippen molar-refractivity contribution in [3.05, 3.63) is 35.9 Å². The van der Waals surface area contributed by atoms with E-state index in [0.717, 1.165) is 25.7 Å². The third kappa shape index (κ3) is 11.3. The number of benzene rings is 1. The molecule has 0 saturated carbocycles. The van der Waals surface area contributed by atoms with Crippen molar-refractivity contribution in [1.29, 1.82) is 0 Å². The largest absolute Gasteiger partial charge is 0.480 e. The highest BCUT2D eigenvalue weighted by molar-refractivity contribution is 5.83. The van der Waals surface area contributed by atoms with Crippen LogP contribution in [0.1, 0.15) is 56.9 Å². The van der Waals surface area contributed by atoms with Gasteiger partial charge in [0, 0.05) is 19.4 Å². The highest BCUT2D eigenvalue weighted by Crippen LogP contribution is 2.05. The number of carbonyl (C=O) groups excluding carboxylic acids is 2. The predicted molar refractivity (Wildman–Crippen MR) is 109 cm³/mol. The van der Waals surface area contributed by atoms with Crippen molar-refractivity contribution in [1.82, 2.24) is 10.6 Å². The standard InChI is InChI=1S/C21H33N3O4/c22-15-8-12-18(21(27)28)24-20(26)13-5-2-6-16-23-19(25)14-7-11-17-9-3-1-4-10-17/h1,3-4,9-10,18H,2,5-8,11-16,22H2,(H,23,25)(H,24,26)(H,27,28)/t18-/m0/s1. The van der Waals surface area contributed by atoms with Crippen LogP contribution in [0.2, 0.25) is 0 Å². The van der Waals surface area contributed by atoms with Gasteiger partial charge >= 0.3 is 5.97 Å². The van der Waals surface area contributed by atoms with Gasteiger partial charge < -0.3 is 21.5 Å². The van der Waals surface area contributed by atoms with Crippen LogP contribution in [-0.4, -0.2) is 42.0 Å². The fraction of sp³-hybridized carbons (Fsp3) is 0.571. The minimum absolute atomic E-state index is 0.0536. The van der Waals surface area contributed by atoms with Gasteiger partial charge in [-0.15, -0.1) is 0 Å². The lowest BCUT2D eigenvalue weighted by molar-refractivity contribution is -0.142. The second kappa shape index (κ2) is 14.6. The normalized spacial score (nSPS) is 11.6. The molecule has 28 heavy (non-hydrogen) atoms. The summed E-state index contributed by atoms with van der Waals surface area (Å²) in [6, 6.07) is 9.23. The molecule has 0 aromatic heterocycles. The van der Waals surface area contributed by atoms with Crippen molar-refractivity contribution in [2.75, 3.05) is 13.1 Å². The smallest absolute Gasteiger partial charge is 0.326 e. The second-order valence-corrected chi connectivity index (χ2v) is 6.89. The molecule has 0 bridgehead atoms. The van der Waals surface area contributed by atoms with Gasteiger partial charge in [0.1, 0.15) is 6.04 Å². The highest BCUT2D eigenvalue weighted by atomic mass is 16.4. The first kappa shape index (κ1) is 23.6. The number of carbonyl (C=O) groups is 3. The summed E-state index contributed by atoms with van der Waals surface area (Å²) in [6.45, 7) is 0.998. The lowest BCUT2D eigenvalue weighted by Crippen LogP contribution is -2.40. The highest BCUT2D eigenvalue weighted by Gasteiger charge is 2.18. The van der Waals surface area contributed by atoms with Crippen LogP contribution in [0.15, 0.2) is 30.3 Å². The van der Waals surface area contributed by atoms with E-state index in [0.29, 0.717) is 38.8 Å². The SMILES string of the molecule is NCCC[C@H](NC(=O)CCCCCNC(=O)CCCc1ccccc1)C(=O)O. The number of hydrogen-bond acceptors (Lipinski definition) is 4. The Labute approximate surface area is 167 Å². The van der Waals surface area contributed by atoms with Gasteiger partial charge in [0.15, 0.2) is 0 Å². The Bertz CT molecular complexity index is 593. The van der Waals surface area contributed by atoms with Crippen molar-refractivity contribution in [2.45, 2.75) is 63.8 Å². The first-order valence-electron chi connectivity index (χ1n) is 10.1. The van der Waals surface area contributed by atoms with Gasteiger partial charge in [-0.05, 0) is 50.6 Å². The molecule has 0 unspecified atom stereocenters. The van der Waals surface area contributed by atoms with Crippen LogP contribution < -0.4 is 16.4 Å². The zero-order valence-electron chi connectivity index (χ0n) is 16.5. The molecule has 156 valence electrons. The molecule has 0 radical (unpaired) electrons. The Morgan fingerprint density at radius 2 is 1.64 bits per heavy atom. The van der Waals surface area contributed by atoms with E-state index in [1.807, 2.05) is 18.2 Å². The summed E-state index contributed by atoms with van der Waals surface area (Å²) in [4.78, 5) is 34.7. The van der Waals surface area contributed by atoms with E-state index in [1.165, 1.54) is 5.56 Å². The molecule has 7 heteroatoms. The molecule has 5 N–H and O–H groups in total. The van der Waals surface area contributed by atoms with E-state index in [-0.39, 0.29) is 18.2 Å². The molecule has 1 atom stereocenters. The van der Waals surface area contributed by atoms with Crippen molar-refractivity contribution < 1.29 is 19.5 Å². The molecule has 0 aliphatic heterocycles. The maximum absolute atomic E-state index is 11.8. The van der Waals surface area contributed by atoms with E-state index in [2.05, 4.69) is 22.8 Å². The summed E-state index contributed by atoms with van der Waals surface area (Å²) in [6.07, 6.45) is 5.69. The molecule has 0 aliphatic rings. The topological polar surface area (TPSA) is 122 Å². The number of aryl methyl sites for hydroxylation is 1. The Kier molecular flexibility index (Phi) is 12.3. The summed E-state index contributed by atoms with van der Waals surface area (Å²) >= 11 is 0. The fourth-order valence-electron chi connectivity index (χ4n) is 2.85. The van der Waals surface area contributed by atoms with Gasteiger partial charge in [-0.2, -0.15) is 0 Å². The lowest BCUT2D eigenvalue weighted by atomic mass is 10.1. The number of nitrogens with two attached hydrogens (primary N) is 1. The number of unbranched alkanes of at least 4 members (excludes halogenated alkanes) is 2. The van der Waals surface area contributed by atoms with Gasteiger partial charge in [-0.3, -0.25) is 9.59 Å². The number of rotatable bonds is 15. The summed E-state index contributed by atoms with van der Waals surface area (Å²) in [7, 11) is 0. The predicted octanol–water partition coefficient (Wildman–Crippen LogP) is 1.99. The zero-order chi connectivity index (χ0) is 20.6. The molecule has 0 aliphatic carbocycles. The Morgan fingerprint density at radius 3 is 2.32 bits per heavy atom. The van der Waals surface area contributed by atoms with Crippen LogP contribution in [0.5, 0.6) is 0 Å². The van der Waals surface area contributed by atoms with Crippen molar-refractivity contribution in [2.24, 2.45) is 5.73 Å². The molecular formula is C21H33N3O4. The number of amides is 2. The molecule has 1 aromatic rings. The van der Waals surface area contributed by atoms with E-state index < -0.39 is 12.0 Å². The minimum Gasteiger partial charge on any atom is -0.480 e. The van der Waals surface area contributed by atoms with Crippen LogP contribution in [-0.2, 0) is 20.8 Å². The Hall–Kier alpha value is -2.41. The number of carboxylic acid groups (broad SMARTS) is 1. The number of nitrogens with one attached hydrogen (secondary N) is 2. The first-order valence-corrected chi connectivity index (χ1v) is 10.1. The number of hydrogen-bond donors (Lipinski definition) is 4. The molecule has 0 heterocycles. The quantitative estimate of drug-likeness (QED) is 0.341. The fourth-order valence-corrected chi connectivity index (χ4v) is 2.85. The van der Waals surface area contributed by atoms with Gasteiger partial charge in [0.2, 0.25) is 11.8 Å². The molecule has 1 rings (SSSR count). The van der Waals surface area contributed by atoms with Gasteiger partial charge in [0.05, 0.1) is 0 Å². The maximum atomic E-state index is 11.8. The average Bonchev–Trinajstić information content (AvgIpc) is 2.68. The number of carboxylic acids is 1. The van der Waals surface area contributed by atoms with Gasteiger partial charge in [0.25, 0.3) is 0 Å². The molecule has 0 spiro atoms. The van der Waals surface area contributed by atoms with Gasteiger partial charge in [-0.1, -0.05) is 36.8 Å². The maximum Gasteiger partial charge on any atom is 0.326 e. The summed E-state index contributed by atoms with van der Waals surface area (Å²) in [5.41, 5.74) is 6.61. The zero-order valence-corrected chi connectivity index (χ0v) is 16.5. The lowest BCUT2D eigenvalue weighted by Gasteiger charge is -2.14. The van der Waals surface area contributed by atoms with Gasteiger partial charge in [-0.25, -0.2) is 4.79 Å². The summed E-state index contributed by atoms with van der Waals surface area (Å²) in [5, 5.41) is 14.5.